The molecule has 1 fully saturated rings. The summed E-state index contributed by atoms with van der Waals surface area (Å²) in [5.74, 6) is -9.21. The molecule has 1 aromatic carbocycles. The Hall–Kier alpha value is -6.92. The van der Waals surface area contributed by atoms with Crippen LogP contribution < -0.4 is 48.3 Å². The van der Waals surface area contributed by atoms with Gasteiger partial charge in [0.05, 0.1) is 31.4 Å². The highest BCUT2D eigenvalue weighted by molar-refractivity contribution is 5.98. The number of carbonyl (C=O) groups is 9. The summed E-state index contributed by atoms with van der Waals surface area (Å²) in [6.45, 7) is 4.90. The number of benzene rings is 1. The highest BCUT2D eigenvalue weighted by Gasteiger charge is 2.36. The molecule has 0 aliphatic carbocycles. The Morgan fingerprint density at radius 2 is 1.47 bits per heavy atom. The van der Waals surface area contributed by atoms with Crippen LogP contribution >= 0.6 is 0 Å². The van der Waals surface area contributed by atoms with Crippen molar-refractivity contribution in [2.45, 2.75) is 127 Å². The smallest absolute Gasteiger partial charge is 0.326 e. The largest absolute Gasteiger partial charge is 0.481 e. The number of fused-ring (bicyclic) bond motifs is 1. The van der Waals surface area contributed by atoms with Crippen molar-refractivity contribution in [3.63, 3.8) is 0 Å². The summed E-state index contributed by atoms with van der Waals surface area (Å²) in [4.78, 5) is 128. The average molecular weight is 953 g/mol. The standard InChI is InChI=1S/C44H64N12O12/c1-4-23(2)36(55-41(64)32(17-26-20-46-22-50-26)54-43(66)37(24(3)57)56-39(62)29-13-9-15-47-29)42(65)52-30(12-7-8-14-45)40(63)53-31(16-25-19-48-28-11-6-5-10-27(25)28)38(61)49-21-34(58)51-33(44(67)68)18-35(59)60/h5-6,10-11,19-20,22-24,29-33,36-37,47-48,57H,4,7-9,12-18,21,45H2,1-3H3,(H,46,50)(H,49,61)(H,51,58)(H,52,65)(H,53,63)(H,54,66)(H,55,64)(H,56,62)(H,59,60)(H,67,68). The number of nitrogens with zero attached hydrogens (tertiary/aromatic N) is 1. The van der Waals surface area contributed by atoms with E-state index in [9.17, 15) is 53.4 Å². The van der Waals surface area contributed by atoms with Crippen LogP contribution in [0.2, 0.25) is 0 Å². The molecular weight excluding hydrogens is 889 g/mol. The first-order chi connectivity index (χ1) is 32.4. The van der Waals surface area contributed by atoms with Crippen molar-refractivity contribution in [1.29, 1.82) is 0 Å². The van der Waals surface area contributed by atoms with E-state index >= 15 is 0 Å². The molecule has 2 aromatic heterocycles. The third-order valence-corrected chi connectivity index (χ3v) is 11.6. The summed E-state index contributed by atoms with van der Waals surface area (Å²) in [5, 5.41) is 50.4. The summed E-state index contributed by atoms with van der Waals surface area (Å²) >= 11 is 0. The Balaban J connectivity index is 1.56. The Labute approximate surface area is 391 Å². The topological polar surface area (TPSA) is 381 Å². The van der Waals surface area contributed by atoms with Gasteiger partial charge in [-0.3, -0.25) is 38.4 Å². The van der Waals surface area contributed by atoms with Gasteiger partial charge in [0, 0.05) is 41.8 Å². The van der Waals surface area contributed by atoms with Crippen molar-refractivity contribution < 1.29 is 58.5 Å². The minimum Gasteiger partial charge on any atom is -0.481 e. The van der Waals surface area contributed by atoms with E-state index in [1.165, 1.54) is 19.4 Å². The lowest BCUT2D eigenvalue weighted by Crippen LogP contribution is -2.62. The molecule has 1 aliphatic heterocycles. The first-order valence-electron chi connectivity index (χ1n) is 22.6. The van der Waals surface area contributed by atoms with Gasteiger partial charge in [0.2, 0.25) is 41.4 Å². The number of hydrogen-bond acceptors (Lipinski definition) is 13. The molecule has 1 aliphatic rings. The van der Waals surface area contributed by atoms with Crippen LogP contribution in [-0.4, -0.2) is 152 Å². The number of para-hydroxylation sites is 1. The van der Waals surface area contributed by atoms with E-state index in [0.717, 1.165) is 17.3 Å². The molecule has 9 atom stereocenters. The third-order valence-electron chi connectivity index (χ3n) is 11.6. The van der Waals surface area contributed by atoms with Crippen LogP contribution in [0, 0.1) is 5.92 Å². The zero-order valence-corrected chi connectivity index (χ0v) is 38.3. The number of aromatic amines is 2. The van der Waals surface area contributed by atoms with E-state index in [4.69, 9.17) is 10.8 Å². The number of carboxylic acids is 2. The molecule has 24 heteroatoms. The molecule has 1 saturated heterocycles. The maximum atomic E-state index is 14.3. The summed E-state index contributed by atoms with van der Waals surface area (Å²) in [6.07, 6.45) is 4.45. The molecule has 68 heavy (non-hydrogen) atoms. The second-order valence-electron chi connectivity index (χ2n) is 16.8. The van der Waals surface area contributed by atoms with Gasteiger partial charge in [-0.1, -0.05) is 38.5 Å². The minimum atomic E-state index is -1.78. The number of imidazole rings is 1. The first kappa shape index (κ1) is 53.7. The number of carboxylic acid groups (broad SMARTS) is 2. The summed E-state index contributed by atoms with van der Waals surface area (Å²) in [7, 11) is 0. The summed E-state index contributed by atoms with van der Waals surface area (Å²) < 4.78 is 0. The van der Waals surface area contributed by atoms with Crippen LogP contribution in [0.4, 0.5) is 0 Å². The highest BCUT2D eigenvalue weighted by atomic mass is 16.4. The van der Waals surface area contributed by atoms with Crippen LogP contribution in [0.15, 0.2) is 43.0 Å². The molecule has 24 nitrogen and oxygen atoms in total. The van der Waals surface area contributed by atoms with Gasteiger partial charge in [-0.05, 0) is 69.7 Å². The predicted octanol–water partition coefficient (Wildman–Crippen LogP) is -2.43. The molecular formula is C44H64N12O12. The van der Waals surface area contributed by atoms with Gasteiger partial charge in [0.25, 0.3) is 0 Å². The fraction of sp³-hybridized carbons (Fsp3) is 0.545. The highest BCUT2D eigenvalue weighted by Crippen LogP contribution is 2.20. The zero-order valence-electron chi connectivity index (χ0n) is 38.3. The van der Waals surface area contributed by atoms with E-state index in [2.05, 4.69) is 52.2 Å². The lowest BCUT2D eigenvalue weighted by atomic mass is 9.96. The number of carbonyl (C=O) groups excluding carboxylic acids is 7. The number of aliphatic hydroxyl groups is 1. The van der Waals surface area contributed by atoms with Crippen LogP contribution in [0.5, 0.6) is 0 Å². The number of nitrogens with two attached hydrogens (primary N) is 1. The van der Waals surface area contributed by atoms with Crippen LogP contribution in [0.25, 0.3) is 10.9 Å². The summed E-state index contributed by atoms with van der Waals surface area (Å²) in [6, 6.07) is -1.90. The number of aliphatic carboxylic acids is 2. The molecule has 15 N–H and O–H groups in total. The second-order valence-corrected chi connectivity index (χ2v) is 16.8. The van der Waals surface area contributed by atoms with Crippen LogP contribution in [0.3, 0.4) is 0 Å². The van der Waals surface area contributed by atoms with Crippen molar-refractivity contribution in [2.24, 2.45) is 11.7 Å². The molecule has 7 amide bonds. The lowest BCUT2D eigenvalue weighted by molar-refractivity contribution is -0.147. The molecule has 3 heterocycles. The number of hydrogen-bond donors (Lipinski definition) is 14. The number of aliphatic hydroxyl groups excluding tert-OH is 1. The number of rotatable bonds is 28. The first-order valence-corrected chi connectivity index (χ1v) is 22.6. The predicted molar refractivity (Wildman–Crippen MR) is 244 cm³/mol. The van der Waals surface area contributed by atoms with Crippen molar-refractivity contribution >= 4 is 64.2 Å². The average Bonchev–Trinajstić information content (AvgIpc) is 4.11. The number of nitrogens with one attached hydrogen (secondary N) is 10. The Bertz CT molecular complexity index is 2210. The maximum Gasteiger partial charge on any atom is 0.326 e. The van der Waals surface area contributed by atoms with Gasteiger partial charge < -0.3 is 73.6 Å². The normalized spacial score (nSPS) is 16.9. The van der Waals surface area contributed by atoms with E-state index < -0.39 is 121 Å². The fourth-order valence-electron chi connectivity index (χ4n) is 7.55. The maximum absolute atomic E-state index is 14.3. The molecule has 372 valence electrons. The number of H-pyrrole nitrogens is 2. The second kappa shape index (κ2) is 26.4. The van der Waals surface area contributed by atoms with Crippen LogP contribution in [0.1, 0.15) is 77.0 Å². The van der Waals surface area contributed by atoms with Gasteiger partial charge >= 0.3 is 11.9 Å². The van der Waals surface area contributed by atoms with Crippen molar-refractivity contribution in [2.75, 3.05) is 19.6 Å². The van der Waals surface area contributed by atoms with Gasteiger partial charge in [-0.15, -0.1) is 0 Å². The van der Waals surface area contributed by atoms with E-state index in [-0.39, 0.29) is 25.8 Å². The van der Waals surface area contributed by atoms with Crippen molar-refractivity contribution in [3.05, 3.63) is 54.2 Å². The van der Waals surface area contributed by atoms with Gasteiger partial charge in [-0.2, -0.15) is 0 Å². The number of aromatic nitrogens is 3. The van der Waals surface area contributed by atoms with Crippen molar-refractivity contribution in [1.82, 2.24) is 57.5 Å². The quantitative estimate of drug-likeness (QED) is 0.0337. The van der Waals surface area contributed by atoms with Gasteiger partial charge in [0.1, 0.15) is 36.3 Å². The third kappa shape index (κ3) is 16.2. The number of amides is 7. The molecule has 0 spiro atoms. The molecule has 3 aromatic rings. The van der Waals surface area contributed by atoms with Crippen molar-refractivity contribution in [3.8, 4) is 0 Å². The molecule has 9 unspecified atom stereocenters. The van der Waals surface area contributed by atoms with E-state index in [0.29, 0.717) is 43.5 Å². The minimum absolute atomic E-state index is 0.0429. The fourth-order valence-corrected chi connectivity index (χ4v) is 7.55. The Morgan fingerprint density at radius 3 is 2.10 bits per heavy atom. The molecule has 0 radical (unpaired) electrons. The lowest BCUT2D eigenvalue weighted by Gasteiger charge is -2.30. The van der Waals surface area contributed by atoms with Crippen LogP contribution in [-0.2, 0) is 56.0 Å². The molecule has 0 saturated carbocycles. The monoisotopic (exact) mass is 952 g/mol. The molecule has 4 rings (SSSR count). The Kier molecular flexibility index (Phi) is 20.9. The SMILES string of the molecule is CCC(C)C(NC(=O)C(Cc1cnc[nH]1)NC(=O)C(NC(=O)C1CCCN1)C(C)O)C(=O)NC(CCCCN)C(=O)NC(Cc1c[nH]c2ccccc12)C(=O)NCC(=O)NC(CC(=O)O)C(=O)O. The van der Waals surface area contributed by atoms with Gasteiger partial charge in [-0.25, -0.2) is 9.78 Å². The van der Waals surface area contributed by atoms with E-state index in [1.807, 2.05) is 5.32 Å². The molecule has 0 bridgehead atoms. The Morgan fingerprint density at radius 1 is 0.794 bits per heavy atom. The summed E-state index contributed by atoms with van der Waals surface area (Å²) in [5.41, 5.74) is 7.53. The number of unbranched alkanes of at least 4 members (excludes halogenated alkanes) is 1. The zero-order chi connectivity index (χ0) is 49.9. The van der Waals surface area contributed by atoms with Gasteiger partial charge in [0.15, 0.2) is 0 Å². The van der Waals surface area contributed by atoms with E-state index in [1.54, 1.807) is 44.3 Å².